The molecule has 0 fully saturated rings. The Hall–Kier alpha value is -1.85. The summed E-state index contributed by atoms with van der Waals surface area (Å²) in [6, 6.07) is 19.5. The predicted molar refractivity (Wildman–Crippen MR) is 67.5 cm³/mol. The van der Waals surface area contributed by atoms with Crippen LogP contribution in [0.1, 0.15) is 0 Å². The molecule has 0 radical (unpaired) electrons. The van der Waals surface area contributed by atoms with Gasteiger partial charge in [0.15, 0.2) is 10.9 Å². The lowest BCUT2D eigenvalue weighted by Crippen LogP contribution is -1.85. The van der Waals surface area contributed by atoms with Gasteiger partial charge >= 0.3 is 0 Å². The number of para-hydroxylation sites is 2. The van der Waals surface area contributed by atoms with E-state index in [9.17, 15) is 0 Å². The molecule has 0 heterocycles. The van der Waals surface area contributed by atoms with Gasteiger partial charge in [0.1, 0.15) is 11.5 Å². The van der Waals surface area contributed by atoms with Crippen molar-refractivity contribution >= 4 is 10.9 Å². The van der Waals surface area contributed by atoms with Gasteiger partial charge in [-0.25, -0.2) is 13.6 Å². The molecule has 0 aromatic heterocycles. The first-order valence-corrected chi connectivity index (χ1v) is 6.10. The summed E-state index contributed by atoms with van der Waals surface area (Å²) in [7, 11) is -2.62. The van der Waals surface area contributed by atoms with Crippen LogP contribution in [-0.4, -0.2) is 8.42 Å². The standard InChI is InChI=1S/C12H10O.H3NO2S/c1-3-7-11(8-4-1)13-12-9-5-2-6-10-12;1-4(2)3/h1-10H;4H,(H2,1,2,3). The third kappa shape index (κ3) is 6.34. The van der Waals surface area contributed by atoms with E-state index in [1.54, 1.807) is 0 Å². The Balaban J connectivity index is 0.000000317. The molecule has 2 aromatic carbocycles. The first-order chi connectivity index (χ1) is 8.18. The van der Waals surface area contributed by atoms with Crippen LogP contribution in [-0.2, 0) is 10.9 Å². The van der Waals surface area contributed by atoms with Crippen LogP contribution in [0, 0.1) is 0 Å². The monoisotopic (exact) mass is 251 g/mol. The summed E-state index contributed by atoms with van der Waals surface area (Å²) in [6.07, 6.45) is 0. The van der Waals surface area contributed by atoms with Crippen LogP contribution in [0.15, 0.2) is 60.7 Å². The maximum Gasteiger partial charge on any atom is 0.198 e. The zero-order valence-corrected chi connectivity index (χ0v) is 9.92. The molecule has 0 bridgehead atoms. The van der Waals surface area contributed by atoms with Crippen LogP contribution in [0.4, 0.5) is 0 Å². The van der Waals surface area contributed by atoms with Gasteiger partial charge in [-0.15, -0.1) is 0 Å². The van der Waals surface area contributed by atoms with E-state index in [0.717, 1.165) is 11.5 Å². The summed E-state index contributed by atoms with van der Waals surface area (Å²) in [5, 5.41) is 4.06. The topological polar surface area (TPSA) is 69.4 Å². The minimum atomic E-state index is -2.62. The number of nitrogens with two attached hydrogens (primary N) is 1. The normalized spacial score (nSPS) is 9.29. The summed E-state index contributed by atoms with van der Waals surface area (Å²) < 4.78 is 23.2. The molecule has 2 aromatic rings. The van der Waals surface area contributed by atoms with Gasteiger partial charge in [-0.2, -0.15) is 0 Å². The van der Waals surface area contributed by atoms with Crippen molar-refractivity contribution in [2.45, 2.75) is 0 Å². The number of thiol groups is 1. The van der Waals surface area contributed by atoms with Crippen molar-refractivity contribution in [3.8, 4) is 11.5 Å². The van der Waals surface area contributed by atoms with Gasteiger partial charge in [0.2, 0.25) is 0 Å². The van der Waals surface area contributed by atoms with E-state index in [1.165, 1.54) is 0 Å². The summed E-state index contributed by atoms with van der Waals surface area (Å²) in [6.45, 7) is 0. The van der Waals surface area contributed by atoms with Crippen molar-refractivity contribution in [3.05, 3.63) is 60.7 Å². The molecule has 4 nitrogen and oxygen atoms in total. The molecule has 0 amide bonds. The minimum absolute atomic E-state index is 0.869. The average Bonchev–Trinajstić information content (AvgIpc) is 2.31. The molecule has 0 unspecified atom stereocenters. The van der Waals surface area contributed by atoms with Gasteiger partial charge in [-0.3, -0.25) is 0 Å². The highest BCUT2D eigenvalue weighted by atomic mass is 32.2. The van der Waals surface area contributed by atoms with Gasteiger partial charge < -0.3 is 4.74 Å². The lowest BCUT2D eigenvalue weighted by atomic mass is 10.3. The Morgan fingerprint density at radius 3 is 1.35 bits per heavy atom. The lowest BCUT2D eigenvalue weighted by molar-refractivity contribution is 0.482. The van der Waals surface area contributed by atoms with Crippen LogP contribution >= 0.6 is 0 Å². The molecule has 5 heteroatoms. The van der Waals surface area contributed by atoms with Crippen LogP contribution < -0.4 is 9.88 Å². The van der Waals surface area contributed by atoms with E-state index in [4.69, 9.17) is 13.2 Å². The van der Waals surface area contributed by atoms with Crippen LogP contribution in [0.3, 0.4) is 0 Å². The highest BCUT2D eigenvalue weighted by Gasteiger charge is 1.92. The average molecular weight is 251 g/mol. The van der Waals surface area contributed by atoms with E-state index < -0.39 is 10.9 Å². The zero-order valence-electron chi connectivity index (χ0n) is 9.02. The molecule has 17 heavy (non-hydrogen) atoms. The van der Waals surface area contributed by atoms with E-state index in [-0.39, 0.29) is 0 Å². The fourth-order valence-electron chi connectivity index (χ4n) is 1.11. The summed E-state index contributed by atoms with van der Waals surface area (Å²) in [5.74, 6) is 1.74. The molecule has 2 rings (SSSR count). The molecule has 90 valence electrons. The van der Waals surface area contributed by atoms with Crippen LogP contribution in [0.5, 0.6) is 11.5 Å². The number of benzene rings is 2. The van der Waals surface area contributed by atoms with Crippen molar-refractivity contribution in [2.75, 3.05) is 0 Å². The van der Waals surface area contributed by atoms with Gasteiger partial charge in [0.25, 0.3) is 0 Å². The third-order valence-electron chi connectivity index (χ3n) is 1.72. The number of rotatable bonds is 2. The van der Waals surface area contributed by atoms with Crippen molar-refractivity contribution in [1.29, 1.82) is 0 Å². The smallest absolute Gasteiger partial charge is 0.198 e. The highest BCUT2D eigenvalue weighted by Crippen LogP contribution is 2.19. The molecule has 0 saturated carbocycles. The Bertz CT molecular complexity index is 452. The first kappa shape index (κ1) is 13.2. The molecule has 0 aliphatic carbocycles. The molecular weight excluding hydrogens is 238 g/mol. The molecule has 0 aliphatic rings. The van der Waals surface area contributed by atoms with Crippen molar-refractivity contribution < 1.29 is 13.2 Å². The minimum Gasteiger partial charge on any atom is -0.457 e. The Morgan fingerprint density at radius 2 is 1.06 bits per heavy atom. The number of hydrogen-bond acceptors (Lipinski definition) is 3. The van der Waals surface area contributed by atoms with Gasteiger partial charge in [-0.05, 0) is 24.3 Å². The van der Waals surface area contributed by atoms with Crippen molar-refractivity contribution in [1.82, 2.24) is 0 Å². The summed E-state index contributed by atoms with van der Waals surface area (Å²) >= 11 is 0. The maximum absolute atomic E-state index is 8.81. The number of ether oxygens (including phenoxy) is 1. The van der Waals surface area contributed by atoms with Crippen molar-refractivity contribution in [2.24, 2.45) is 5.14 Å². The molecule has 0 spiro atoms. The van der Waals surface area contributed by atoms with Gasteiger partial charge in [0, 0.05) is 0 Å². The van der Waals surface area contributed by atoms with Crippen LogP contribution in [0.2, 0.25) is 0 Å². The van der Waals surface area contributed by atoms with E-state index in [0.29, 0.717) is 0 Å². The zero-order chi connectivity index (χ0) is 12.5. The highest BCUT2D eigenvalue weighted by molar-refractivity contribution is 7.69. The molecule has 2 N–H and O–H groups in total. The molecular formula is C12H13NO3S. The summed E-state index contributed by atoms with van der Waals surface area (Å²) in [5.41, 5.74) is 0. The van der Waals surface area contributed by atoms with Crippen LogP contribution in [0.25, 0.3) is 0 Å². The van der Waals surface area contributed by atoms with Gasteiger partial charge in [0.05, 0.1) is 0 Å². The Labute approximate surface area is 102 Å². The predicted octanol–water partition coefficient (Wildman–Crippen LogP) is 1.95. The number of hydrogen-bond donors (Lipinski definition) is 2. The fraction of sp³-hybridized carbons (Fsp3) is 0. The molecule has 0 saturated heterocycles. The maximum atomic E-state index is 8.81. The third-order valence-corrected chi connectivity index (χ3v) is 1.72. The largest absolute Gasteiger partial charge is 0.457 e. The summed E-state index contributed by atoms with van der Waals surface area (Å²) in [4.78, 5) is 0. The Kier molecular flexibility index (Phi) is 5.77. The van der Waals surface area contributed by atoms with E-state index >= 15 is 0 Å². The second-order valence-electron chi connectivity index (χ2n) is 3.01. The Morgan fingerprint density at radius 1 is 0.765 bits per heavy atom. The first-order valence-electron chi connectivity index (χ1n) is 4.85. The molecule has 0 atom stereocenters. The lowest BCUT2D eigenvalue weighted by Gasteiger charge is -2.03. The van der Waals surface area contributed by atoms with E-state index in [1.807, 2.05) is 60.7 Å². The molecule has 0 aliphatic heterocycles. The second kappa shape index (κ2) is 7.43. The van der Waals surface area contributed by atoms with E-state index in [2.05, 4.69) is 5.14 Å². The van der Waals surface area contributed by atoms with Crippen molar-refractivity contribution in [3.63, 3.8) is 0 Å². The second-order valence-corrected chi connectivity index (χ2v) is 3.58. The quantitative estimate of drug-likeness (QED) is 0.801. The fourth-order valence-corrected chi connectivity index (χ4v) is 1.11. The SMILES string of the molecule is N[SH](=O)=O.c1ccc(Oc2ccccc2)cc1. The van der Waals surface area contributed by atoms with Gasteiger partial charge in [-0.1, -0.05) is 36.4 Å².